The Morgan fingerprint density at radius 3 is 2.77 bits per heavy atom. The molecule has 0 aromatic carbocycles. The number of methoxy groups -OCH3 is 2. The molecule has 7 nitrogen and oxygen atoms in total. The Bertz CT molecular complexity index is 1220. The molecule has 186 valence electrons. The Balaban J connectivity index is 1.37. The number of likely N-dealkylation sites (tertiary alicyclic amines) is 1. The molecule has 1 aliphatic heterocycles. The zero-order valence-electron chi connectivity index (χ0n) is 20.2. The summed E-state index contributed by atoms with van der Waals surface area (Å²) in [5.74, 6) is 1.35. The Morgan fingerprint density at radius 1 is 1.20 bits per heavy atom. The minimum absolute atomic E-state index is 0.119. The van der Waals surface area contributed by atoms with Gasteiger partial charge in [0.2, 0.25) is 0 Å². The van der Waals surface area contributed by atoms with E-state index in [0.29, 0.717) is 17.9 Å². The smallest absolute Gasteiger partial charge is 0.183 e. The molecule has 2 aliphatic carbocycles. The van der Waals surface area contributed by atoms with Gasteiger partial charge in [-0.25, -0.2) is 9.37 Å². The van der Waals surface area contributed by atoms with Crippen molar-refractivity contribution < 1.29 is 18.6 Å². The molecule has 35 heavy (non-hydrogen) atoms. The van der Waals surface area contributed by atoms with E-state index in [2.05, 4.69) is 26.8 Å². The number of aromatic nitrogens is 1. The molecule has 9 heteroatoms. The summed E-state index contributed by atoms with van der Waals surface area (Å²) >= 11 is 1.49. The molecule has 0 atom stereocenters. The quantitative estimate of drug-likeness (QED) is 0.392. The van der Waals surface area contributed by atoms with Gasteiger partial charge in [0.1, 0.15) is 11.6 Å². The van der Waals surface area contributed by atoms with Crippen molar-refractivity contribution in [2.75, 3.05) is 45.7 Å². The average molecular weight is 499 g/mol. The molecule has 1 aromatic heterocycles. The average Bonchev–Trinajstić information content (AvgIpc) is 3.49. The van der Waals surface area contributed by atoms with Crippen molar-refractivity contribution in [3.63, 3.8) is 0 Å². The van der Waals surface area contributed by atoms with Crippen molar-refractivity contribution in [2.45, 2.75) is 25.7 Å². The van der Waals surface area contributed by atoms with Crippen LogP contribution >= 0.6 is 11.3 Å². The Kier molecular flexibility index (Phi) is 8.54. The summed E-state index contributed by atoms with van der Waals surface area (Å²) in [4.78, 5) is 11.5. The number of aliphatic imine (C=N–C) groups is 1. The normalized spacial score (nSPS) is 19.5. The molecule has 0 spiro atoms. The minimum Gasteiger partial charge on any atom is -0.493 e. The SMILES string of the molecule is C=C(/C=C\N=C1\C=C(OC)C(OC)=CC1)OC1=C(F)CC=c2nc(NCCN3CCCC3)sc2=C1. The number of nitrogens with zero attached hydrogens (tertiary/aromatic N) is 3. The lowest BCUT2D eigenvalue weighted by molar-refractivity contribution is 0.219. The molecule has 0 amide bonds. The number of thiazole rings is 1. The second-order valence-electron chi connectivity index (χ2n) is 8.26. The van der Waals surface area contributed by atoms with Crippen LogP contribution in [0.1, 0.15) is 25.7 Å². The lowest BCUT2D eigenvalue weighted by atomic mass is 10.1. The summed E-state index contributed by atoms with van der Waals surface area (Å²) in [5.41, 5.74) is 0.798. The molecule has 0 bridgehead atoms. The number of ether oxygens (including phenoxy) is 3. The van der Waals surface area contributed by atoms with E-state index in [1.54, 1.807) is 38.6 Å². The van der Waals surface area contributed by atoms with Gasteiger partial charge in [0, 0.05) is 50.0 Å². The predicted octanol–water partition coefficient (Wildman–Crippen LogP) is 3.75. The fourth-order valence-corrected chi connectivity index (χ4v) is 4.90. The Hall–Kier alpha value is -3.17. The van der Waals surface area contributed by atoms with Gasteiger partial charge in [0.05, 0.1) is 24.1 Å². The molecule has 0 saturated carbocycles. The first-order valence-corrected chi connectivity index (χ1v) is 12.5. The lowest BCUT2D eigenvalue weighted by Gasteiger charge is -2.14. The van der Waals surface area contributed by atoms with E-state index in [9.17, 15) is 4.39 Å². The second-order valence-corrected chi connectivity index (χ2v) is 9.29. The van der Waals surface area contributed by atoms with Gasteiger partial charge in [-0.05, 0) is 38.1 Å². The molecular formula is C26H31FN4O3S. The van der Waals surface area contributed by atoms with Crippen molar-refractivity contribution in [1.82, 2.24) is 9.88 Å². The van der Waals surface area contributed by atoms with Crippen LogP contribution in [0.4, 0.5) is 9.52 Å². The van der Waals surface area contributed by atoms with Crippen LogP contribution in [-0.2, 0) is 14.2 Å². The minimum atomic E-state index is -0.364. The van der Waals surface area contributed by atoms with Gasteiger partial charge in [-0.3, -0.25) is 4.99 Å². The molecule has 4 rings (SSSR count). The number of halogens is 1. The van der Waals surface area contributed by atoms with E-state index in [0.717, 1.165) is 33.8 Å². The maximum Gasteiger partial charge on any atom is 0.183 e. The van der Waals surface area contributed by atoms with E-state index in [1.165, 1.54) is 37.3 Å². The summed E-state index contributed by atoms with van der Waals surface area (Å²) in [5, 5.41) is 4.99. The van der Waals surface area contributed by atoms with Gasteiger partial charge in [0.25, 0.3) is 0 Å². The number of hydrogen-bond donors (Lipinski definition) is 1. The number of hydrogen-bond acceptors (Lipinski definition) is 8. The Morgan fingerprint density at radius 2 is 2.00 bits per heavy atom. The first kappa shape index (κ1) is 24.9. The van der Waals surface area contributed by atoms with Crippen molar-refractivity contribution in [1.29, 1.82) is 0 Å². The highest BCUT2D eigenvalue weighted by Crippen LogP contribution is 2.21. The highest BCUT2D eigenvalue weighted by Gasteiger charge is 2.14. The number of nitrogens with one attached hydrogen (secondary N) is 1. The van der Waals surface area contributed by atoms with Gasteiger partial charge < -0.3 is 24.4 Å². The maximum absolute atomic E-state index is 14.7. The largest absolute Gasteiger partial charge is 0.493 e. The fourth-order valence-electron chi connectivity index (χ4n) is 3.97. The van der Waals surface area contributed by atoms with E-state index in [-0.39, 0.29) is 23.8 Å². The van der Waals surface area contributed by atoms with Crippen molar-refractivity contribution >= 4 is 34.3 Å². The van der Waals surface area contributed by atoms with Gasteiger partial charge in [-0.2, -0.15) is 0 Å². The predicted molar refractivity (Wildman–Crippen MR) is 139 cm³/mol. The standard InChI is InChI=1S/C26H31FN4O3S/c1-18(10-11-28-19-6-9-22(32-2)24(16-19)33-3)34-23-17-25-21(8-7-20(23)27)30-26(35-25)29-12-15-31-13-4-5-14-31/h8-11,16-17H,1,4-7,12-15H2,2-3H3,(H,29,30)/b11-10-,28-19+. The van der Waals surface area contributed by atoms with Gasteiger partial charge >= 0.3 is 0 Å². The highest BCUT2D eigenvalue weighted by atomic mass is 32.1. The third-order valence-electron chi connectivity index (χ3n) is 5.81. The highest BCUT2D eigenvalue weighted by molar-refractivity contribution is 7.13. The van der Waals surface area contributed by atoms with E-state index >= 15 is 0 Å². The monoisotopic (exact) mass is 498 g/mol. The van der Waals surface area contributed by atoms with Gasteiger partial charge in [-0.1, -0.05) is 24.0 Å². The topological polar surface area (TPSA) is 68.2 Å². The zero-order valence-corrected chi connectivity index (χ0v) is 21.0. The molecule has 1 aromatic rings. The van der Waals surface area contributed by atoms with Gasteiger partial charge in [-0.15, -0.1) is 0 Å². The van der Waals surface area contributed by atoms with Crippen LogP contribution in [0.3, 0.4) is 0 Å². The number of fused-ring (bicyclic) bond motifs is 1. The van der Waals surface area contributed by atoms with Crippen LogP contribution in [-0.4, -0.2) is 56.0 Å². The first-order chi connectivity index (χ1) is 17.1. The van der Waals surface area contributed by atoms with Crippen LogP contribution in [0.2, 0.25) is 0 Å². The maximum atomic E-state index is 14.7. The Labute approximate surface area is 209 Å². The lowest BCUT2D eigenvalue weighted by Crippen LogP contribution is -2.26. The van der Waals surface area contributed by atoms with Crippen LogP contribution < -0.4 is 15.2 Å². The third kappa shape index (κ3) is 6.70. The number of allylic oxidation sites excluding steroid dienone is 5. The van der Waals surface area contributed by atoms with E-state index in [4.69, 9.17) is 14.2 Å². The molecule has 1 fully saturated rings. The summed E-state index contributed by atoms with van der Waals surface area (Å²) in [6, 6.07) is 0. The van der Waals surface area contributed by atoms with Crippen LogP contribution in [0.5, 0.6) is 0 Å². The summed E-state index contributed by atoms with van der Waals surface area (Å²) in [6.07, 6.45) is 13.7. The summed E-state index contributed by atoms with van der Waals surface area (Å²) in [6.45, 7) is 8.07. The molecule has 1 N–H and O–H groups in total. The molecule has 2 heterocycles. The first-order valence-electron chi connectivity index (χ1n) is 11.7. The van der Waals surface area contributed by atoms with Crippen LogP contribution in [0.15, 0.2) is 64.9 Å². The molecular weight excluding hydrogens is 467 g/mol. The van der Waals surface area contributed by atoms with Crippen LogP contribution in [0, 0.1) is 0 Å². The van der Waals surface area contributed by atoms with Crippen molar-refractivity contribution in [3.8, 4) is 0 Å². The fraction of sp³-hybridized carbons (Fsp3) is 0.385. The van der Waals surface area contributed by atoms with Crippen molar-refractivity contribution in [2.24, 2.45) is 4.99 Å². The number of rotatable bonds is 10. The van der Waals surface area contributed by atoms with Gasteiger partial charge in [0.15, 0.2) is 22.4 Å². The zero-order chi connectivity index (χ0) is 24.6. The van der Waals surface area contributed by atoms with Crippen molar-refractivity contribution in [3.05, 3.63) is 69.8 Å². The van der Waals surface area contributed by atoms with E-state index in [1.807, 2.05) is 12.2 Å². The summed E-state index contributed by atoms with van der Waals surface area (Å²) in [7, 11) is 3.18. The summed E-state index contributed by atoms with van der Waals surface area (Å²) < 4.78 is 31.8. The third-order valence-corrected chi connectivity index (χ3v) is 6.78. The van der Waals surface area contributed by atoms with E-state index < -0.39 is 0 Å². The molecule has 0 radical (unpaired) electrons. The number of anilines is 1. The molecule has 1 saturated heterocycles. The van der Waals surface area contributed by atoms with Crippen LogP contribution in [0.25, 0.3) is 12.2 Å². The molecule has 0 unspecified atom stereocenters. The second kappa shape index (κ2) is 12.0. The molecule has 3 aliphatic rings.